The number of ketones is 2. The summed E-state index contributed by atoms with van der Waals surface area (Å²) < 4.78 is 0. The van der Waals surface area contributed by atoms with E-state index in [-0.39, 0.29) is 35.9 Å². The van der Waals surface area contributed by atoms with Gasteiger partial charge in [0.15, 0.2) is 11.6 Å². The smallest absolute Gasteiger partial charge is 0.294 e. The number of nitrogens with zero attached hydrogens (tertiary/aromatic N) is 3. The lowest BCUT2D eigenvalue weighted by molar-refractivity contribution is -0.127. The molecule has 0 atom stereocenters. The minimum Gasteiger partial charge on any atom is -0.294 e. The molecular formula is C15H17N3O2. The maximum absolute atomic E-state index is 11.9. The lowest BCUT2D eigenvalue weighted by atomic mass is 9.74. The molecule has 0 aromatic rings. The molecule has 0 saturated heterocycles. The fourth-order valence-electron chi connectivity index (χ4n) is 2.05. The molecule has 0 aromatic heterocycles. The topological polar surface area (TPSA) is 46.1 Å². The van der Waals surface area contributed by atoms with Crippen LogP contribution in [0.25, 0.3) is 9.69 Å². The molecule has 0 bridgehead atoms. The summed E-state index contributed by atoms with van der Waals surface area (Å²) in [6, 6.07) is 0. The Hall–Kier alpha value is -2.40. The largest absolute Gasteiger partial charge is 0.294 e. The average molecular weight is 271 g/mol. The van der Waals surface area contributed by atoms with Crippen molar-refractivity contribution in [2.75, 3.05) is 13.3 Å². The molecule has 0 heterocycles. The van der Waals surface area contributed by atoms with Gasteiger partial charge in [-0.2, -0.15) is 0 Å². The SMILES string of the molecule is [C-]#[N+]CN(C=CC=C1C(=O)CC(C)(C)CC1=O)C[N+]#[C-]. The third kappa shape index (κ3) is 4.37. The second-order valence-corrected chi connectivity index (χ2v) is 5.47. The van der Waals surface area contributed by atoms with E-state index in [9.17, 15) is 9.59 Å². The second-order valence-electron chi connectivity index (χ2n) is 5.47. The van der Waals surface area contributed by atoms with Crippen molar-refractivity contribution < 1.29 is 9.59 Å². The Labute approximate surface area is 119 Å². The highest BCUT2D eigenvalue weighted by Crippen LogP contribution is 2.33. The third-order valence-electron chi connectivity index (χ3n) is 2.94. The van der Waals surface area contributed by atoms with E-state index in [0.29, 0.717) is 12.8 Å². The van der Waals surface area contributed by atoms with Crippen molar-refractivity contribution >= 4 is 11.6 Å². The van der Waals surface area contributed by atoms with Gasteiger partial charge in [-0.15, -0.1) is 0 Å². The Morgan fingerprint density at radius 1 is 1.15 bits per heavy atom. The molecule has 0 spiro atoms. The predicted molar refractivity (Wildman–Crippen MR) is 75.0 cm³/mol. The number of Topliss-reactive ketones (excluding diaryl/α,β-unsaturated/α-hetero) is 2. The summed E-state index contributed by atoms with van der Waals surface area (Å²) in [6.45, 7) is 17.5. The number of carbonyl (C=O) groups excluding carboxylic acids is 2. The van der Waals surface area contributed by atoms with E-state index >= 15 is 0 Å². The van der Waals surface area contributed by atoms with Crippen molar-refractivity contribution in [3.05, 3.63) is 46.8 Å². The minimum atomic E-state index is -0.268. The predicted octanol–water partition coefficient (Wildman–Crippen LogP) is 2.44. The van der Waals surface area contributed by atoms with Gasteiger partial charge >= 0.3 is 0 Å². The van der Waals surface area contributed by atoms with Crippen LogP contribution in [0, 0.1) is 18.6 Å². The number of carbonyl (C=O) groups is 2. The molecule has 0 aliphatic heterocycles. The Balaban J connectivity index is 2.80. The monoisotopic (exact) mass is 271 g/mol. The lowest BCUT2D eigenvalue weighted by Gasteiger charge is -2.28. The van der Waals surface area contributed by atoms with Crippen molar-refractivity contribution in [1.29, 1.82) is 0 Å². The maximum atomic E-state index is 11.9. The molecular weight excluding hydrogens is 254 g/mol. The van der Waals surface area contributed by atoms with E-state index in [1.54, 1.807) is 12.3 Å². The highest BCUT2D eigenvalue weighted by Gasteiger charge is 2.35. The Morgan fingerprint density at radius 2 is 1.65 bits per heavy atom. The number of rotatable bonds is 4. The Bertz CT molecular complexity index is 506. The summed E-state index contributed by atoms with van der Waals surface area (Å²) >= 11 is 0. The van der Waals surface area contributed by atoms with Crippen LogP contribution >= 0.6 is 0 Å². The Morgan fingerprint density at radius 3 is 2.10 bits per heavy atom. The van der Waals surface area contributed by atoms with Crippen LogP contribution in [0.4, 0.5) is 0 Å². The van der Waals surface area contributed by atoms with E-state index < -0.39 is 0 Å². The van der Waals surface area contributed by atoms with Crippen LogP contribution in [-0.4, -0.2) is 29.8 Å². The van der Waals surface area contributed by atoms with Gasteiger partial charge in [-0.1, -0.05) is 13.8 Å². The van der Waals surface area contributed by atoms with Crippen LogP contribution in [0.3, 0.4) is 0 Å². The van der Waals surface area contributed by atoms with Gasteiger partial charge in [0.05, 0.1) is 5.57 Å². The van der Waals surface area contributed by atoms with Crippen molar-refractivity contribution in [2.45, 2.75) is 26.7 Å². The van der Waals surface area contributed by atoms with Crippen LogP contribution in [0.1, 0.15) is 26.7 Å². The summed E-state index contributed by atoms with van der Waals surface area (Å²) in [4.78, 5) is 31.7. The number of allylic oxidation sites excluding steroid dienone is 3. The van der Waals surface area contributed by atoms with Crippen LogP contribution in [0.2, 0.25) is 0 Å². The van der Waals surface area contributed by atoms with Crippen LogP contribution < -0.4 is 0 Å². The third-order valence-corrected chi connectivity index (χ3v) is 2.94. The van der Waals surface area contributed by atoms with Crippen molar-refractivity contribution in [3.8, 4) is 0 Å². The first-order valence-corrected chi connectivity index (χ1v) is 6.25. The lowest BCUT2D eigenvalue weighted by Crippen LogP contribution is -2.31. The molecule has 0 N–H and O–H groups in total. The standard InChI is InChI=1S/C15H17N3O2/c1-15(2)8-13(19)12(14(20)9-15)6-5-7-18(10-16-3)11-17-4/h5-7H,8-11H2,1-2H3. The minimum absolute atomic E-state index is 0.0803. The van der Waals surface area contributed by atoms with Crippen molar-refractivity contribution in [2.24, 2.45) is 5.41 Å². The van der Waals surface area contributed by atoms with Crippen molar-refractivity contribution in [3.63, 3.8) is 0 Å². The van der Waals surface area contributed by atoms with Gasteiger partial charge in [0.25, 0.3) is 13.3 Å². The van der Waals surface area contributed by atoms with Gasteiger partial charge in [0.1, 0.15) is 0 Å². The Kier molecular flexibility index (Phi) is 5.23. The normalized spacial score (nSPS) is 17.7. The molecule has 0 unspecified atom stereocenters. The van der Waals surface area contributed by atoms with Gasteiger partial charge in [-0.3, -0.25) is 19.3 Å². The quantitative estimate of drug-likeness (QED) is 0.448. The molecule has 5 heteroatoms. The number of hydrogen-bond donors (Lipinski definition) is 0. The summed E-state index contributed by atoms with van der Waals surface area (Å²) in [5.74, 6) is -0.282. The van der Waals surface area contributed by atoms with Gasteiger partial charge in [0.2, 0.25) is 0 Å². The van der Waals surface area contributed by atoms with E-state index in [1.165, 1.54) is 11.0 Å². The molecule has 0 radical (unpaired) electrons. The molecule has 0 aromatic carbocycles. The highest BCUT2D eigenvalue weighted by atomic mass is 16.1. The van der Waals surface area contributed by atoms with Gasteiger partial charge in [-0.25, -0.2) is 18.0 Å². The molecule has 0 amide bonds. The van der Waals surface area contributed by atoms with Gasteiger partial charge in [0, 0.05) is 19.0 Å². The first-order chi connectivity index (χ1) is 9.39. The molecule has 5 nitrogen and oxygen atoms in total. The molecule has 1 aliphatic rings. The first-order valence-electron chi connectivity index (χ1n) is 6.25. The summed E-state index contributed by atoms with van der Waals surface area (Å²) in [7, 11) is 0. The number of hydrogen-bond acceptors (Lipinski definition) is 3. The van der Waals surface area contributed by atoms with Crippen LogP contribution in [0.5, 0.6) is 0 Å². The van der Waals surface area contributed by atoms with Gasteiger partial charge < -0.3 is 0 Å². The van der Waals surface area contributed by atoms with Crippen LogP contribution in [-0.2, 0) is 9.59 Å². The van der Waals surface area contributed by atoms with Crippen LogP contribution in [0.15, 0.2) is 23.9 Å². The zero-order valence-electron chi connectivity index (χ0n) is 11.7. The molecule has 1 saturated carbocycles. The first kappa shape index (κ1) is 15.7. The maximum Gasteiger partial charge on any atom is 0.294 e. The zero-order valence-corrected chi connectivity index (χ0v) is 11.7. The van der Waals surface area contributed by atoms with Gasteiger partial charge in [-0.05, 0) is 17.6 Å². The fraction of sp³-hybridized carbons (Fsp3) is 0.467. The molecule has 1 fully saturated rings. The highest BCUT2D eigenvalue weighted by molar-refractivity contribution is 6.22. The summed E-state index contributed by atoms with van der Waals surface area (Å²) in [5, 5.41) is 0. The average Bonchev–Trinajstić information content (AvgIpc) is 2.31. The van der Waals surface area contributed by atoms with E-state index in [0.717, 1.165) is 0 Å². The molecule has 1 rings (SSSR count). The summed E-state index contributed by atoms with van der Waals surface area (Å²) in [6.07, 6.45) is 5.34. The fourth-order valence-corrected chi connectivity index (χ4v) is 2.05. The summed E-state index contributed by atoms with van der Waals surface area (Å²) in [5.41, 5.74) is -0.0544. The van der Waals surface area contributed by atoms with E-state index in [2.05, 4.69) is 9.69 Å². The zero-order chi connectivity index (χ0) is 15.2. The van der Waals surface area contributed by atoms with E-state index in [4.69, 9.17) is 13.1 Å². The van der Waals surface area contributed by atoms with E-state index in [1.807, 2.05) is 13.8 Å². The van der Waals surface area contributed by atoms with Crippen molar-refractivity contribution in [1.82, 2.24) is 4.90 Å². The molecule has 1 aliphatic carbocycles. The second kappa shape index (κ2) is 6.68. The molecule has 20 heavy (non-hydrogen) atoms. The molecule has 104 valence electrons.